The fraction of sp³-hybridized carbons (Fsp3) is 0.238. The monoisotopic (exact) mass is 413 g/mol. The number of allylic oxidation sites excluding steroid dienone is 1. The van der Waals surface area contributed by atoms with E-state index >= 15 is 0 Å². The highest BCUT2D eigenvalue weighted by atomic mass is 32.2. The number of methoxy groups -OCH3 is 1. The molecule has 28 heavy (non-hydrogen) atoms. The lowest BCUT2D eigenvalue weighted by molar-refractivity contribution is 0.342. The predicted octanol–water partition coefficient (Wildman–Crippen LogP) is 4.94. The maximum Gasteiger partial charge on any atom is 0.191 e. The molecule has 2 aromatic carbocycles. The summed E-state index contributed by atoms with van der Waals surface area (Å²) < 4.78 is 13.0. The van der Waals surface area contributed by atoms with Gasteiger partial charge in [-0.15, -0.1) is 28.5 Å². The van der Waals surface area contributed by atoms with Crippen molar-refractivity contribution in [1.82, 2.24) is 14.8 Å². The van der Waals surface area contributed by atoms with Gasteiger partial charge in [0, 0.05) is 17.2 Å². The first kappa shape index (κ1) is 20.4. The van der Waals surface area contributed by atoms with Crippen LogP contribution in [-0.4, -0.2) is 34.2 Å². The Kier molecular flexibility index (Phi) is 7.87. The lowest BCUT2D eigenvalue weighted by Crippen LogP contribution is -2.05. The zero-order chi connectivity index (χ0) is 19.6. The molecule has 0 aliphatic carbocycles. The Morgan fingerprint density at radius 2 is 1.75 bits per heavy atom. The second-order valence-corrected chi connectivity index (χ2v) is 7.88. The van der Waals surface area contributed by atoms with Gasteiger partial charge in [-0.25, -0.2) is 0 Å². The molecule has 0 fully saturated rings. The van der Waals surface area contributed by atoms with Crippen LogP contribution in [0.15, 0.2) is 77.3 Å². The topological polar surface area (TPSA) is 49.2 Å². The van der Waals surface area contributed by atoms with Crippen molar-refractivity contribution >= 4 is 23.5 Å². The normalized spacial score (nSPS) is 10.6. The first-order valence-electron chi connectivity index (χ1n) is 8.90. The zero-order valence-corrected chi connectivity index (χ0v) is 17.4. The van der Waals surface area contributed by atoms with Crippen LogP contribution < -0.4 is 9.47 Å². The largest absolute Gasteiger partial charge is 0.497 e. The summed E-state index contributed by atoms with van der Waals surface area (Å²) in [6, 6.07) is 17.9. The van der Waals surface area contributed by atoms with Crippen LogP contribution in [0.25, 0.3) is 0 Å². The fourth-order valence-electron chi connectivity index (χ4n) is 2.47. The van der Waals surface area contributed by atoms with E-state index in [1.165, 1.54) is 4.90 Å². The standard InChI is InChI=1S/C21H23N3O2S2/c1-3-13-24-20(16-28-19-7-5-4-6-8-19)22-23-21(24)27-15-14-26-18-11-9-17(25-2)10-12-18/h3-12H,1,13-16H2,2H3. The first-order valence-corrected chi connectivity index (χ1v) is 10.9. The molecule has 0 N–H and O–H groups in total. The van der Waals surface area contributed by atoms with Crippen LogP contribution in [0.5, 0.6) is 11.5 Å². The van der Waals surface area contributed by atoms with Gasteiger partial charge >= 0.3 is 0 Å². The summed E-state index contributed by atoms with van der Waals surface area (Å²) in [6.45, 7) is 5.14. The maximum atomic E-state index is 5.78. The molecule has 146 valence electrons. The zero-order valence-electron chi connectivity index (χ0n) is 15.8. The number of hydrogen-bond donors (Lipinski definition) is 0. The van der Waals surface area contributed by atoms with Gasteiger partial charge in [0.25, 0.3) is 0 Å². The van der Waals surface area contributed by atoms with E-state index in [2.05, 4.69) is 33.5 Å². The van der Waals surface area contributed by atoms with E-state index in [4.69, 9.17) is 9.47 Å². The summed E-state index contributed by atoms with van der Waals surface area (Å²) >= 11 is 3.39. The number of thioether (sulfide) groups is 2. The van der Waals surface area contributed by atoms with Crippen LogP contribution in [0.4, 0.5) is 0 Å². The molecule has 3 aromatic rings. The highest BCUT2D eigenvalue weighted by Gasteiger charge is 2.12. The smallest absolute Gasteiger partial charge is 0.191 e. The highest BCUT2D eigenvalue weighted by Crippen LogP contribution is 2.25. The molecule has 3 rings (SSSR count). The molecular formula is C21H23N3O2S2. The number of benzene rings is 2. The Morgan fingerprint density at radius 3 is 2.46 bits per heavy atom. The van der Waals surface area contributed by atoms with Gasteiger partial charge < -0.3 is 14.0 Å². The summed E-state index contributed by atoms with van der Waals surface area (Å²) in [5.74, 6) is 4.15. The van der Waals surface area contributed by atoms with Crippen molar-refractivity contribution in [2.24, 2.45) is 0 Å². The van der Waals surface area contributed by atoms with Crippen LogP contribution in [-0.2, 0) is 12.3 Å². The molecule has 0 radical (unpaired) electrons. The summed E-state index contributed by atoms with van der Waals surface area (Å²) in [5, 5.41) is 9.62. The highest BCUT2D eigenvalue weighted by molar-refractivity contribution is 7.99. The minimum Gasteiger partial charge on any atom is -0.497 e. The Bertz CT molecular complexity index is 867. The molecule has 0 amide bonds. The van der Waals surface area contributed by atoms with Crippen LogP contribution in [0.2, 0.25) is 0 Å². The molecule has 0 saturated heterocycles. The third-order valence-corrected chi connectivity index (χ3v) is 5.80. The molecule has 1 heterocycles. The lowest BCUT2D eigenvalue weighted by atomic mass is 10.3. The molecule has 0 aliphatic heterocycles. The van der Waals surface area contributed by atoms with Gasteiger partial charge in [0.1, 0.15) is 17.3 Å². The van der Waals surface area contributed by atoms with Crippen LogP contribution in [0.1, 0.15) is 5.82 Å². The molecule has 0 atom stereocenters. The second-order valence-electron chi connectivity index (χ2n) is 5.77. The van der Waals surface area contributed by atoms with E-state index in [1.54, 1.807) is 30.6 Å². The molecule has 0 aliphatic rings. The average Bonchev–Trinajstić information content (AvgIpc) is 3.13. The molecule has 7 heteroatoms. The van der Waals surface area contributed by atoms with Crippen LogP contribution in [0, 0.1) is 0 Å². The molecule has 0 saturated carbocycles. The quantitative estimate of drug-likeness (QED) is 0.252. The van der Waals surface area contributed by atoms with Gasteiger partial charge in [0.15, 0.2) is 5.16 Å². The minimum absolute atomic E-state index is 0.589. The van der Waals surface area contributed by atoms with Crippen molar-refractivity contribution in [3.63, 3.8) is 0 Å². The maximum absolute atomic E-state index is 5.78. The minimum atomic E-state index is 0.589. The van der Waals surface area contributed by atoms with E-state index in [0.29, 0.717) is 13.2 Å². The molecule has 0 bridgehead atoms. The Hall–Kier alpha value is -2.38. The summed E-state index contributed by atoms with van der Waals surface area (Å²) in [6.07, 6.45) is 1.87. The van der Waals surface area contributed by atoms with Crippen molar-refractivity contribution in [2.45, 2.75) is 22.3 Å². The average molecular weight is 414 g/mol. The van der Waals surface area contributed by atoms with Crippen molar-refractivity contribution < 1.29 is 9.47 Å². The van der Waals surface area contributed by atoms with E-state index < -0.39 is 0 Å². The van der Waals surface area contributed by atoms with Crippen molar-refractivity contribution in [1.29, 1.82) is 0 Å². The molecular weight excluding hydrogens is 390 g/mol. The van der Waals surface area contributed by atoms with E-state index in [-0.39, 0.29) is 0 Å². The Balaban J connectivity index is 1.52. The number of ether oxygens (including phenoxy) is 2. The van der Waals surface area contributed by atoms with E-state index in [9.17, 15) is 0 Å². The van der Waals surface area contributed by atoms with Crippen LogP contribution in [0.3, 0.4) is 0 Å². The van der Waals surface area contributed by atoms with Gasteiger partial charge in [-0.3, -0.25) is 0 Å². The van der Waals surface area contributed by atoms with Crippen molar-refractivity contribution in [3.8, 4) is 11.5 Å². The molecule has 0 spiro atoms. The lowest BCUT2D eigenvalue weighted by Gasteiger charge is -2.09. The van der Waals surface area contributed by atoms with E-state index in [0.717, 1.165) is 34.0 Å². The Morgan fingerprint density at radius 1 is 1.00 bits per heavy atom. The van der Waals surface area contributed by atoms with Crippen molar-refractivity contribution in [2.75, 3.05) is 19.5 Å². The SMILES string of the molecule is C=CCn1c(CSc2ccccc2)nnc1SCCOc1ccc(OC)cc1. The summed E-state index contributed by atoms with van der Waals surface area (Å²) in [7, 11) is 1.65. The van der Waals surface area contributed by atoms with Gasteiger partial charge in [0.2, 0.25) is 0 Å². The Labute approximate surface area is 174 Å². The van der Waals surface area contributed by atoms with Gasteiger partial charge in [0.05, 0.1) is 19.5 Å². The second kappa shape index (κ2) is 10.8. The van der Waals surface area contributed by atoms with Gasteiger partial charge in [-0.1, -0.05) is 36.0 Å². The van der Waals surface area contributed by atoms with E-state index in [1.807, 2.05) is 48.5 Å². The predicted molar refractivity (Wildman–Crippen MR) is 115 cm³/mol. The van der Waals surface area contributed by atoms with Gasteiger partial charge in [-0.2, -0.15) is 0 Å². The molecule has 5 nitrogen and oxygen atoms in total. The van der Waals surface area contributed by atoms with Crippen LogP contribution >= 0.6 is 23.5 Å². The molecule has 1 aromatic heterocycles. The van der Waals surface area contributed by atoms with Crippen molar-refractivity contribution in [3.05, 3.63) is 73.1 Å². The third kappa shape index (κ3) is 5.81. The number of hydrogen-bond acceptors (Lipinski definition) is 6. The number of aromatic nitrogens is 3. The first-order chi connectivity index (χ1) is 13.8. The summed E-state index contributed by atoms with van der Waals surface area (Å²) in [4.78, 5) is 1.22. The summed E-state index contributed by atoms with van der Waals surface area (Å²) in [5.41, 5.74) is 0. The fourth-order valence-corrected chi connectivity index (χ4v) is 4.12. The van der Waals surface area contributed by atoms with Gasteiger partial charge in [-0.05, 0) is 36.4 Å². The number of nitrogens with zero attached hydrogens (tertiary/aromatic N) is 3. The third-order valence-electron chi connectivity index (χ3n) is 3.86. The number of rotatable bonds is 11. The molecule has 0 unspecified atom stereocenters.